The molecule has 0 spiro atoms. The number of rotatable bonds is 14. The number of nitrogens with one attached hydrogen (secondary N) is 1. The first-order valence-corrected chi connectivity index (χ1v) is 14.2. The van der Waals surface area contributed by atoms with Crippen molar-refractivity contribution >= 4 is 27.7 Å². The summed E-state index contributed by atoms with van der Waals surface area (Å²) in [6.07, 6.45) is -0.299. The standard InChI is InChI=1S/C30H32BrN5O6/c31-24-10-6-20(7-11-24)27-30(29(40)34-25(18-38)19-39,16-22-4-1-2-5-23(22)17-33-36-32)35-28(42-27)21-8-12-26(13-9-21)41-15-3-14-37/h1-2,4-13,25,27,37-39H,3,14-19H2,(H,34,40)/t27-,30-/m1/s1. The number of azide groups is 1. The molecule has 4 N–H and O–H groups in total. The lowest BCUT2D eigenvalue weighted by Crippen LogP contribution is -2.54. The van der Waals surface area contributed by atoms with E-state index >= 15 is 0 Å². The third-order valence-corrected chi connectivity index (χ3v) is 7.39. The summed E-state index contributed by atoms with van der Waals surface area (Å²) in [6, 6.07) is 20.9. The lowest BCUT2D eigenvalue weighted by Gasteiger charge is -2.32. The Bertz CT molecular complexity index is 1420. The van der Waals surface area contributed by atoms with Crippen LogP contribution in [0.25, 0.3) is 10.4 Å². The van der Waals surface area contributed by atoms with E-state index < -0.39 is 36.8 Å². The van der Waals surface area contributed by atoms with E-state index in [-0.39, 0.29) is 25.5 Å². The Labute approximate surface area is 251 Å². The summed E-state index contributed by atoms with van der Waals surface area (Å²) in [7, 11) is 0. The number of halogens is 1. The summed E-state index contributed by atoms with van der Waals surface area (Å²) in [6.45, 7) is -0.454. The number of aliphatic imine (C=N–C) groups is 1. The molecule has 0 unspecified atom stereocenters. The maximum absolute atomic E-state index is 14.2. The average Bonchev–Trinajstić information content (AvgIpc) is 3.40. The predicted molar refractivity (Wildman–Crippen MR) is 160 cm³/mol. The second-order valence-corrected chi connectivity index (χ2v) is 10.6. The maximum Gasteiger partial charge on any atom is 0.253 e. The summed E-state index contributed by atoms with van der Waals surface area (Å²) in [5, 5.41) is 35.0. The fraction of sp³-hybridized carbons (Fsp3) is 0.333. The van der Waals surface area contributed by atoms with Crippen LogP contribution in [0.3, 0.4) is 0 Å². The zero-order valence-electron chi connectivity index (χ0n) is 22.8. The van der Waals surface area contributed by atoms with Gasteiger partial charge >= 0.3 is 0 Å². The molecule has 0 bridgehead atoms. The molecule has 0 saturated carbocycles. The third kappa shape index (κ3) is 7.28. The van der Waals surface area contributed by atoms with Crippen LogP contribution in [0.1, 0.15) is 34.8 Å². The van der Waals surface area contributed by atoms with Gasteiger partial charge in [-0.05, 0) is 58.6 Å². The van der Waals surface area contributed by atoms with Crippen LogP contribution < -0.4 is 10.1 Å². The maximum atomic E-state index is 14.2. The monoisotopic (exact) mass is 637 g/mol. The quantitative estimate of drug-likeness (QED) is 0.0901. The molecule has 220 valence electrons. The van der Waals surface area contributed by atoms with Gasteiger partial charge in [0.25, 0.3) is 5.91 Å². The van der Waals surface area contributed by atoms with Crippen molar-refractivity contribution in [3.05, 3.63) is 110 Å². The van der Waals surface area contributed by atoms with Gasteiger partial charge in [0.1, 0.15) is 5.75 Å². The topological polar surface area (TPSA) is 169 Å². The summed E-state index contributed by atoms with van der Waals surface area (Å²) in [5.74, 6) is 0.304. The predicted octanol–water partition coefficient (Wildman–Crippen LogP) is 3.99. The molecule has 1 heterocycles. The summed E-state index contributed by atoms with van der Waals surface area (Å²) < 4.78 is 13.0. The second-order valence-electron chi connectivity index (χ2n) is 9.71. The third-order valence-electron chi connectivity index (χ3n) is 6.86. The van der Waals surface area contributed by atoms with Crippen molar-refractivity contribution < 1.29 is 29.6 Å². The Morgan fingerprint density at radius 1 is 1.07 bits per heavy atom. The molecule has 4 rings (SSSR count). The molecule has 0 aromatic heterocycles. The molecule has 11 nitrogen and oxygen atoms in total. The largest absolute Gasteiger partial charge is 0.494 e. The van der Waals surface area contributed by atoms with Crippen molar-refractivity contribution in [1.29, 1.82) is 0 Å². The average molecular weight is 639 g/mol. The fourth-order valence-electron chi connectivity index (χ4n) is 4.66. The lowest BCUT2D eigenvalue weighted by atomic mass is 9.80. The number of nitrogens with zero attached hydrogens (tertiary/aromatic N) is 4. The van der Waals surface area contributed by atoms with Gasteiger partial charge in [-0.1, -0.05) is 57.4 Å². The first-order chi connectivity index (χ1) is 20.4. The zero-order valence-corrected chi connectivity index (χ0v) is 24.4. The van der Waals surface area contributed by atoms with Gasteiger partial charge < -0.3 is 30.1 Å². The molecule has 1 amide bonds. The molecule has 0 saturated heterocycles. The Kier molecular flexibility index (Phi) is 10.9. The minimum absolute atomic E-state index is 0.0315. The van der Waals surface area contributed by atoms with Crippen molar-refractivity contribution in [2.45, 2.75) is 37.1 Å². The number of aliphatic hydroxyl groups excluding tert-OH is 3. The number of carbonyl (C=O) groups is 1. The van der Waals surface area contributed by atoms with E-state index in [1.54, 1.807) is 24.3 Å². The molecular formula is C30H32BrN5O6. The van der Waals surface area contributed by atoms with Crippen LogP contribution in [0.15, 0.2) is 87.4 Å². The van der Waals surface area contributed by atoms with Gasteiger partial charge in [-0.3, -0.25) is 4.79 Å². The van der Waals surface area contributed by atoms with Crippen molar-refractivity contribution in [3.63, 3.8) is 0 Å². The molecule has 42 heavy (non-hydrogen) atoms. The highest BCUT2D eigenvalue weighted by Gasteiger charge is 2.53. The first-order valence-electron chi connectivity index (χ1n) is 13.4. The van der Waals surface area contributed by atoms with E-state index in [2.05, 4.69) is 31.3 Å². The van der Waals surface area contributed by atoms with Gasteiger partial charge in [-0.15, -0.1) is 0 Å². The SMILES string of the molecule is [N-]=[N+]=NCc1ccccc1C[C@@]1(C(=O)NC(CO)CO)N=C(c2ccc(OCCCO)cc2)O[C@@H]1c1ccc(Br)cc1. The molecule has 0 fully saturated rings. The number of hydrogen-bond donors (Lipinski definition) is 4. The van der Waals surface area contributed by atoms with Crippen LogP contribution in [-0.2, 0) is 22.5 Å². The molecule has 1 aliphatic heterocycles. The van der Waals surface area contributed by atoms with E-state index in [4.69, 9.17) is 25.1 Å². The van der Waals surface area contributed by atoms with Crippen LogP contribution in [0.2, 0.25) is 0 Å². The number of aliphatic hydroxyl groups is 3. The number of ether oxygens (including phenoxy) is 2. The summed E-state index contributed by atoms with van der Waals surface area (Å²) in [5.41, 5.74) is 10.1. The Morgan fingerprint density at radius 3 is 2.40 bits per heavy atom. The number of hydrogen-bond acceptors (Lipinski definition) is 8. The molecule has 3 aromatic carbocycles. The van der Waals surface area contributed by atoms with E-state index in [9.17, 15) is 15.0 Å². The van der Waals surface area contributed by atoms with E-state index in [0.717, 1.165) is 15.6 Å². The van der Waals surface area contributed by atoms with Crippen LogP contribution in [0.5, 0.6) is 5.75 Å². The van der Waals surface area contributed by atoms with Crippen molar-refractivity contribution in [2.75, 3.05) is 26.4 Å². The van der Waals surface area contributed by atoms with Gasteiger partial charge in [0.15, 0.2) is 11.6 Å². The highest BCUT2D eigenvalue weighted by molar-refractivity contribution is 9.10. The molecular weight excluding hydrogens is 606 g/mol. The smallest absolute Gasteiger partial charge is 0.253 e. The molecule has 1 aliphatic rings. The van der Waals surface area contributed by atoms with E-state index in [1.807, 2.05) is 48.5 Å². The minimum Gasteiger partial charge on any atom is -0.494 e. The van der Waals surface area contributed by atoms with Crippen molar-refractivity contribution in [3.8, 4) is 5.75 Å². The highest BCUT2D eigenvalue weighted by atomic mass is 79.9. The van der Waals surface area contributed by atoms with Gasteiger partial charge in [-0.25, -0.2) is 4.99 Å². The Morgan fingerprint density at radius 2 is 1.76 bits per heavy atom. The van der Waals surface area contributed by atoms with Gasteiger partial charge in [0.2, 0.25) is 5.90 Å². The fourth-order valence-corrected chi connectivity index (χ4v) is 4.93. The molecule has 2 atom stereocenters. The van der Waals surface area contributed by atoms with Crippen LogP contribution >= 0.6 is 15.9 Å². The summed E-state index contributed by atoms with van der Waals surface area (Å²) >= 11 is 3.46. The van der Waals surface area contributed by atoms with Crippen LogP contribution in [0, 0.1) is 0 Å². The first kappa shape index (κ1) is 31.0. The number of benzene rings is 3. The van der Waals surface area contributed by atoms with Gasteiger partial charge in [0, 0.05) is 34.4 Å². The summed E-state index contributed by atoms with van der Waals surface area (Å²) in [4.78, 5) is 22.0. The van der Waals surface area contributed by atoms with Gasteiger partial charge in [-0.2, -0.15) is 0 Å². The van der Waals surface area contributed by atoms with Gasteiger partial charge in [0.05, 0.1) is 32.4 Å². The molecule has 12 heteroatoms. The lowest BCUT2D eigenvalue weighted by molar-refractivity contribution is -0.130. The van der Waals surface area contributed by atoms with E-state index in [1.165, 1.54) is 0 Å². The molecule has 0 aliphatic carbocycles. The minimum atomic E-state index is -1.56. The second kappa shape index (κ2) is 14.8. The van der Waals surface area contributed by atoms with Crippen molar-refractivity contribution in [2.24, 2.45) is 10.1 Å². The zero-order chi connectivity index (χ0) is 30.0. The Balaban J connectivity index is 1.83. The molecule has 3 aromatic rings. The Hall–Kier alpha value is -3.93. The van der Waals surface area contributed by atoms with Crippen LogP contribution in [-0.4, -0.2) is 65.1 Å². The van der Waals surface area contributed by atoms with E-state index in [0.29, 0.717) is 29.9 Å². The van der Waals surface area contributed by atoms with Crippen LogP contribution in [0.4, 0.5) is 0 Å². The number of amides is 1. The number of carbonyl (C=O) groups excluding carboxylic acids is 1. The van der Waals surface area contributed by atoms with Crippen molar-refractivity contribution in [1.82, 2.24) is 5.32 Å². The highest BCUT2D eigenvalue weighted by Crippen LogP contribution is 2.43. The normalized spacial score (nSPS) is 17.7. The molecule has 0 radical (unpaired) electrons.